The number of aryl methyl sites for hydroxylation is 2. The highest BCUT2D eigenvalue weighted by molar-refractivity contribution is 5.96. The molecule has 0 aliphatic carbocycles. The minimum Gasteiger partial charge on any atom is -0.496 e. The van der Waals surface area contributed by atoms with Crippen LogP contribution in [0.5, 0.6) is 5.75 Å². The van der Waals surface area contributed by atoms with Crippen molar-refractivity contribution in [2.45, 2.75) is 13.8 Å². The topological polar surface area (TPSA) is 64.6 Å². The summed E-state index contributed by atoms with van der Waals surface area (Å²) in [6, 6.07) is 12.4. The van der Waals surface area contributed by atoms with Gasteiger partial charge in [-0.2, -0.15) is 0 Å². The highest BCUT2D eigenvalue weighted by atomic mass is 16.5. The van der Waals surface area contributed by atoms with Crippen molar-refractivity contribution in [3.05, 3.63) is 59.2 Å². The first-order chi connectivity index (χ1) is 11.0. The number of anilines is 1. The van der Waals surface area contributed by atoms with E-state index in [0.717, 1.165) is 11.1 Å². The molecule has 0 unspecified atom stereocenters. The lowest BCUT2D eigenvalue weighted by atomic mass is 10.1. The number of nitrogens with one attached hydrogen (secondary N) is 1. The lowest BCUT2D eigenvalue weighted by Crippen LogP contribution is -2.21. The van der Waals surface area contributed by atoms with E-state index in [-0.39, 0.29) is 12.5 Å². The summed E-state index contributed by atoms with van der Waals surface area (Å²) < 4.78 is 10.2. The predicted octanol–water partition coefficient (Wildman–Crippen LogP) is 3.11. The van der Waals surface area contributed by atoms with Gasteiger partial charge in [0.2, 0.25) is 0 Å². The van der Waals surface area contributed by atoms with Crippen LogP contribution >= 0.6 is 0 Å². The van der Waals surface area contributed by atoms with Gasteiger partial charge in [0.25, 0.3) is 5.91 Å². The number of ether oxygens (including phenoxy) is 2. The van der Waals surface area contributed by atoms with Crippen molar-refractivity contribution in [2.24, 2.45) is 0 Å². The second kappa shape index (κ2) is 7.45. The Morgan fingerprint density at radius 3 is 2.48 bits per heavy atom. The largest absolute Gasteiger partial charge is 0.496 e. The molecule has 1 amide bonds. The van der Waals surface area contributed by atoms with E-state index in [4.69, 9.17) is 9.47 Å². The van der Waals surface area contributed by atoms with E-state index in [1.165, 1.54) is 7.11 Å². The molecule has 0 heterocycles. The zero-order valence-electron chi connectivity index (χ0n) is 13.4. The molecule has 0 aliphatic heterocycles. The molecule has 0 aliphatic rings. The SMILES string of the molecule is COc1cc(C(=O)OCC(=O)Nc2ccccc2C)ccc1C. The molecule has 0 aromatic heterocycles. The normalized spacial score (nSPS) is 10.0. The molecule has 0 bridgehead atoms. The lowest BCUT2D eigenvalue weighted by molar-refractivity contribution is -0.119. The molecule has 0 saturated heterocycles. The van der Waals surface area contributed by atoms with Crippen LogP contribution in [0.4, 0.5) is 5.69 Å². The zero-order valence-corrected chi connectivity index (χ0v) is 13.4. The summed E-state index contributed by atoms with van der Waals surface area (Å²) in [5, 5.41) is 2.71. The van der Waals surface area contributed by atoms with Gasteiger partial charge < -0.3 is 14.8 Å². The number of methoxy groups -OCH3 is 1. The molecule has 0 saturated carbocycles. The molecule has 2 aromatic carbocycles. The van der Waals surface area contributed by atoms with Gasteiger partial charge in [0, 0.05) is 5.69 Å². The second-order valence-corrected chi connectivity index (χ2v) is 5.12. The molecule has 0 radical (unpaired) electrons. The Bertz CT molecular complexity index is 725. The van der Waals surface area contributed by atoms with Crippen LogP contribution in [-0.2, 0) is 9.53 Å². The first kappa shape index (κ1) is 16.5. The van der Waals surface area contributed by atoms with E-state index >= 15 is 0 Å². The van der Waals surface area contributed by atoms with Gasteiger partial charge in [-0.15, -0.1) is 0 Å². The first-order valence-corrected chi connectivity index (χ1v) is 7.18. The monoisotopic (exact) mass is 313 g/mol. The van der Waals surface area contributed by atoms with Gasteiger partial charge in [0.1, 0.15) is 5.75 Å². The number of rotatable bonds is 5. The van der Waals surface area contributed by atoms with E-state index in [2.05, 4.69) is 5.32 Å². The minimum absolute atomic E-state index is 0.344. The van der Waals surface area contributed by atoms with Gasteiger partial charge in [0.15, 0.2) is 6.61 Å². The summed E-state index contributed by atoms with van der Waals surface area (Å²) in [5.41, 5.74) is 2.90. The fourth-order valence-corrected chi connectivity index (χ4v) is 2.06. The molecule has 0 atom stereocenters. The van der Waals surface area contributed by atoms with Crippen LogP contribution in [0.2, 0.25) is 0 Å². The van der Waals surface area contributed by atoms with Crippen LogP contribution in [-0.4, -0.2) is 25.6 Å². The van der Waals surface area contributed by atoms with Crippen molar-refractivity contribution in [1.29, 1.82) is 0 Å². The van der Waals surface area contributed by atoms with Gasteiger partial charge in [0.05, 0.1) is 12.7 Å². The predicted molar refractivity (Wildman–Crippen MR) is 87.8 cm³/mol. The fraction of sp³-hybridized carbons (Fsp3) is 0.222. The molecule has 23 heavy (non-hydrogen) atoms. The van der Waals surface area contributed by atoms with E-state index in [9.17, 15) is 9.59 Å². The maximum atomic E-state index is 12.0. The Morgan fingerprint density at radius 2 is 1.78 bits per heavy atom. The Kier molecular flexibility index (Phi) is 5.36. The van der Waals surface area contributed by atoms with Crippen LogP contribution in [0, 0.1) is 13.8 Å². The molecule has 2 aromatic rings. The number of hydrogen-bond donors (Lipinski definition) is 1. The Labute approximate surface area is 135 Å². The van der Waals surface area contributed by atoms with Crippen molar-refractivity contribution in [2.75, 3.05) is 19.0 Å². The third-order valence-corrected chi connectivity index (χ3v) is 3.40. The minimum atomic E-state index is -0.566. The quantitative estimate of drug-likeness (QED) is 0.861. The van der Waals surface area contributed by atoms with E-state index in [1.54, 1.807) is 24.3 Å². The highest BCUT2D eigenvalue weighted by Gasteiger charge is 2.12. The summed E-state index contributed by atoms with van der Waals surface area (Å²) in [7, 11) is 1.53. The molecule has 120 valence electrons. The molecule has 5 nitrogen and oxygen atoms in total. The number of esters is 1. The molecule has 5 heteroatoms. The summed E-state index contributed by atoms with van der Waals surface area (Å²) in [6.45, 7) is 3.42. The van der Waals surface area contributed by atoms with E-state index in [0.29, 0.717) is 17.0 Å². The maximum Gasteiger partial charge on any atom is 0.338 e. The van der Waals surface area contributed by atoms with Gasteiger partial charge in [-0.3, -0.25) is 4.79 Å². The van der Waals surface area contributed by atoms with E-state index < -0.39 is 5.97 Å². The highest BCUT2D eigenvalue weighted by Crippen LogP contribution is 2.19. The fourth-order valence-electron chi connectivity index (χ4n) is 2.06. The van der Waals surface area contributed by atoms with Crippen molar-refractivity contribution < 1.29 is 19.1 Å². The van der Waals surface area contributed by atoms with Crippen LogP contribution in [0.25, 0.3) is 0 Å². The molecule has 0 fully saturated rings. The third-order valence-electron chi connectivity index (χ3n) is 3.40. The van der Waals surface area contributed by atoms with Gasteiger partial charge in [-0.05, 0) is 43.2 Å². The van der Waals surface area contributed by atoms with Crippen molar-refractivity contribution >= 4 is 17.6 Å². The Hall–Kier alpha value is -2.82. The molecular weight excluding hydrogens is 294 g/mol. The number of hydrogen-bond acceptors (Lipinski definition) is 4. The first-order valence-electron chi connectivity index (χ1n) is 7.18. The van der Waals surface area contributed by atoms with Crippen molar-refractivity contribution in [1.82, 2.24) is 0 Å². The summed E-state index contributed by atoms with van der Waals surface area (Å²) in [4.78, 5) is 23.9. The average molecular weight is 313 g/mol. The zero-order chi connectivity index (χ0) is 16.8. The van der Waals surface area contributed by atoms with Gasteiger partial charge >= 0.3 is 5.97 Å². The van der Waals surface area contributed by atoms with Crippen molar-refractivity contribution in [3.8, 4) is 5.75 Å². The molecule has 1 N–H and O–H groups in total. The van der Waals surface area contributed by atoms with Crippen LogP contribution < -0.4 is 10.1 Å². The second-order valence-electron chi connectivity index (χ2n) is 5.12. The maximum absolute atomic E-state index is 12.0. The van der Waals surface area contributed by atoms with Gasteiger partial charge in [-0.25, -0.2) is 4.79 Å². The number of amides is 1. The van der Waals surface area contributed by atoms with Crippen LogP contribution in [0.3, 0.4) is 0 Å². The average Bonchev–Trinajstić information content (AvgIpc) is 2.55. The number of carbonyl (C=O) groups is 2. The smallest absolute Gasteiger partial charge is 0.338 e. The molecular formula is C18H19NO4. The van der Waals surface area contributed by atoms with Crippen LogP contribution in [0.15, 0.2) is 42.5 Å². The van der Waals surface area contributed by atoms with Crippen LogP contribution in [0.1, 0.15) is 21.5 Å². The number of carbonyl (C=O) groups excluding carboxylic acids is 2. The summed E-state index contributed by atoms with van der Waals surface area (Å²) in [6.07, 6.45) is 0. The third kappa shape index (κ3) is 4.32. The number of para-hydroxylation sites is 1. The lowest BCUT2D eigenvalue weighted by Gasteiger charge is -2.10. The standard InChI is InChI=1S/C18H19NO4/c1-12-6-4-5-7-15(12)19-17(20)11-23-18(21)14-9-8-13(2)16(10-14)22-3/h4-10H,11H2,1-3H3,(H,19,20). The van der Waals surface area contributed by atoms with E-state index in [1.807, 2.05) is 32.0 Å². The number of benzene rings is 2. The summed E-state index contributed by atoms with van der Waals surface area (Å²) in [5.74, 6) is -0.348. The molecule has 0 spiro atoms. The molecule has 2 rings (SSSR count). The Morgan fingerprint density at radius 1 is 1.04 bits per heavy atom. The summed E-state index contributed by atoms with van der Waals surface area (Å²) >= 11 is 0. The Balaban J connectivity index is 1.94. The van der Waals surface area contributed by atoms with Gasteiger partial charge in [-0.1, -0.05) is 24.3 Å². The van der Waals surface area contributed by atoms with Crippen molar-refractivity contribution in [3.63, 3.8) is 0 Å².